The number of pyridine rings is 1. The smallest absolute Gasteiger partial charge is 0.0991 e. The lowest BCUT2D eigenvalue weighted by molar-refractivity contribution is 0.603. The van der Waals surface area contributed by atoms with Crippen molar-refractivity contribution in [2.75, 3.05) is 6.54 Å². The minimum absolute atomic E-state index is 0.702. The van der Waals surface area contributed by atoms with Crippen LogP contribution >= 0.6 is 0 Å². The summed E-state index contributed by atoms with van der Waals surface area (Å²) in [5.41, 5.74) is 2.91. The summed E-state index contributed by atoms with van der Waals surface area (Å²) in [6.07, 6.45) is 3.87. The summed E-state index contributed by atoms with van der Waals surface area (Å²) in [6.45, 7) is 2.54. The molecule has 0 amide bonds. The van der Waals surface area contributed by atoms with E-state index in [1.54, 1.807) is 0 Å². The minimum Gasteiger partial charge on any atom is -0.346 e. The van der Waals surface area contributed by atoms with E-state index < -0.39 is 0 Å². The maximum Gasteiger partial charge on any atom is 0.0991 e. The topological polar surface area (TPSA) is 53.6 Å². The van der Waals surface area contributed by atoms with E-state index in [2.05, 4.69) is 33.2 Å². The van der Waals surface area contributed by atoms with Crippen LogP contribution in [0.3, 0.4) is 0 Å². The molecule has 0 aliphatic rings. The summed E-state index contributed by atoms with van der Waals surface area (Å²) < 4.78 is 2.20. The van der Waals surface area contributed by atoms with Crippen LogP contribution < -0.4 is 5.32 Å². The molecule has 0 spiro atoms. The van der Waals surface area contributed by atoms with Crippen LogP contribution in [0.1, 0.15) is 11.3 Å². The number of nitriles is 1. The van der Waals surface area contributed by atoms with E-state index in [1.165, 1.54) is 0 Å². The van der Waals surface area contributed by atoms with Gasteiger partial charge in [-0.25, -0.2) is 0 Å². The molecule has 4 nitrogen and oxygen atoms in total. The van der Waals surface area contributed by atoms with Crippen molar-refractivity contribution in [3.05, 3.63) is 66.1 Å². The molecule has 0 aliphatic carbocycles. The van der Waals surface area contributed by atoms with E-state index in [-0.39, 0.29) is 0 Å². The van der Waals surface area contributed by atoms with Crippen LogP contribution in [0, 0.1) is 11.3 Å². The van der Waals surface area contributed by atoms with Crippen LogP contribution in [0.4, 0.5) is 0 Å². The molecule has 3 rings (SSSR count). The van der Waals surface area contributed by atoms with Crippen molar-refractivity contribution >= 4 is 10.9 Å². The zero-order chi connectivity index (χ0) is 14.5. The third-order valence-corrected chi connectivity index (χ3v) is 3.46. The maximum atomic E-state index is 8.91. The van der Waals surface area contributed by atoms with Gasteiger partial charge in [0.1, 0.15) is 0 Å². The Hall–Kier alpha value is -2.64. The first-order chi connectivity index (χ1) is 10.4. The number of hydrogen-bond donors (Lipinski definition) is 1. The quantitative estimate of drug-likeness (QED) is 0.729. The number of rotatable bonds is 5. The molecule has 1 aromatic carbocycles. The van der Waals surface area contributed by atoms with E-state index in [1.807, 2.05) is 42.6 Å². The van der Waals surface area contributed by atoms with Crippen molar-refractivity contribution in [3.63, 3.8) is 0 Å². The number of aromatic nitrogens is 2. The molecular weight excluding hydrogens is 260 g/mol. The Morgan fingerprint density at radius 2 is 2.14 bits per heavy atom. The average Bonchev–Trinajstić information content (AvgIpc) is 2.95. The van der Waals surface area contributed by atoms with Gasteiger partial charge in [0.25, 0.3) is 0 Å². The second-order valence-corrected chi connectivity index (χ2v) is 4.89. The van der Waals surface area contributed by atoms with Gasteiger partial charge in [-0.15, -0.1) is 0 Å². The Kier molecular flexibility index (Phi) is 3.95. The molecule has 3 aromatic rings. The fourth-order valence-electron chi connectivity index (χ4n) is 2.38. The monoisotopic (exact) mass is 276 g/mol. The van der Waals surface area contributed by atoms with Crippen LogP contribution in [-0.4, -0.2) is 16.1 Å². The number of benzene rings is 1. The van der Waals surface area contributed by atoms with E-state index in [0.717, 1.165) is 36.2 Å². The SMILES string of the molecule is N#Cc1ccc2c(ccn2CCNCc2ccccn2)c1. The van der Waals surface area contributed by atoms with Crippen molar-refractivity contribution in [2.45, 2.75) is 13.1 Å². The molecule has 0 aliphatic heterocycles. The molecule has 0 saturated carbocycles. The second kappa shape index (κ2) is 6.21. The van der Waals surface area contributed by atoms with E-state index >= 15 is 0 Å². The number of hydrogen-bond acceptors (Lipinski definition) is 3. The van der Waals surface area contributed by atoms with Gasteiger partial charge in [-0.2, -0.15) is 5.26 Å². The van der Waals surface area contributed by atoms with Crippen LogP contribution in [0.2, 0.25) is 0 Å². The third-order valence-electron chi connectivity index (χ3n) is 3.46. The second-order valence-electron chi connectivity index (χ2n) is 4.89. The Morgan fingerprint density at radius 1 is 1.19 bits per heavy atom. The van der Waals surface area contributed by atoms with Gasteiger partial charge >= 0.3 is 0 Å². The van der Waals surface area contributed by atoms with Gasteiger partial charge in [-0.1, -0.05) is 6.07 Å². The predicted octanol–water partition coefficient (Wildman–Crippen LogP) is 2.70. The summed E-state index contributed by atoms with van der Waals surface area (Å²) in [6, 6.07) is 15.9. The molecule has 0 bridgehead atoms. The van der Waals surface area contributed by atoms with Gasteiger partial charge < -0.3 is 9.88 Å². The lowest BCUT2D eigenvalue weighted by Crippen LogP contribution is -2.19. The number of nitrogens with one attached hydrogen (secondary N) is 1. The van der Waals surface area contributed by atoms with Gasteiger partial charge in [0.05, 0.1) is 17.3 Å². The van der Waals surface area contributed by atoms with E-state index in [9.17, 15) is 0 Å². The Morgan fingerprint density at radius 3 is 2.95 bits per heavy atom. The first kappa shape index (κ1) is 13.3. The first-order valence-corrected chi connectivity index (χ1v) is 6.96. The van der Waals surface area contributed by atoms with Crippen molar-refractivity contribution in [3.8, 4) is 6.07 Å². The van der Waals surface area contributed by atoms with Gasteiger partial charge in [-0.05, 0) is 36.4 Å². The van der Waals surface area contributed by atoms with Gasteiger partial charge in [-0.3, -0.25) is 4.98 Å². The molecule has 104 valence electrons. The summed E-state index contributed by atoms with van der Waals surface area (Å²) in [5.74, 6) is 0. The van der Waals surface area contributed by atoms with Crippen molar-refractivity contribution in [2.24, 2.45) is 0 Å². The van der Waals surface area contributed by atoms with Crippen LogP contribution in [0.5, 0.6) is 0 Å². The number of fused-ring (bicyclic) bond motifs is 1. The molecule has 0 saturated heterocycles. The summed E-state index contributed by atoms with van der Waals surface area (Å²) >= 11 is 0. The van der Waals surface area contributed by atoms with Crippen LogP contribution in [0.25, 0.3) is 10.9 Å². The molecule has 0 unspecified atom stereocenters. The summed E-state index contributed by atoms with van der Waals surface area (Å²) in [7, 11) is 0. The normalized spacial score (nSPS) is 10.6. The molecule has 0 atom stereocenters. The lowest BCUT2D eigenvalue weighted by Gasteiger charge is -2.07. The van der Waals surface area contributed by atoms with Crippen molar-refractivity contribution in [1.29, 1.82) is 5.26 Å². The molecule has 4 heteroatoms. The molecule has 0 fully saturated rings. The fraction of sp³-hybridized carbons (Fsp3) is 0.176. The van der Waals surface area contributed by atoms with Gasteiger partial charge in [0.15, 0.2) is 0 Å². The highest BCUT2D eigenvalue weighted by Crippen LogP contribution is 2.17. The Bertz CT molecular complexity index is 768. The van der Waals surface area contributed by atoms with Crippen molar-refractivity contribution in [1.82, 2.24) is 14.9 Å². The van der Waals surface area contributed by atoms with Crippen molar-refractivity contribution < 1.29 is 0 Å². The standard InChI is InChI=1S/C17H16N4/c18-12-14-4-5-17-15(11-14)6-9-21(17)10-8-19-13-16-3-1-2-7-20-16/h1-7,9,11,19H,8,10,13H2. The Balaban J connectivity index is 1.60. The van der Waals surface area contributed by atoms with E-state index in [4.69, 9.17) is 5.26 Å². The summed E-state index contributed by atoms with van der Waals surface area (Å²) in [5, 5.41) is 13.4. The minimum atomic E-state index is 0.702. The molecule has 2 aromatic heterocycles. The zero-order valence-electron chi connectivity index (χ0n) is 11.7. The summed E-state index contributed by atoms with van der Waals surface area (Å²) in [4.78, 5) is 4.28. The molecule has 1 N–H and O–H groups in total. The fourth-order valence-corrected chi connectivity index (χ4v) is 2.38. The van der Waals surface area contributed by atoms with Gasteiger partial charge in [0.2, 0.25) is 0 Å². The highest BCUT2D eigenvalue weighted by Gasteiger charge is 2.02. The molecular formula is C17H16N4. The predicted molar refractivity (Wildman–Crippen MR) is 82.6 cm³/mol. The average molecular weight is 276 g/mol. The lowest BCUT2D eigenvalue weighted by atomic mass is 10.2. The first-order valence-electron chi connectivity index (χ1n) is 6.96. The van der Waals surface area contributed by atoms with E-state index in [0.29, 0.717) is 5.56 Å². The highest BCUT2D eigenvalue weighted by molar-refractivity contribution is 5.81. The molecule has 0 radical (unpaired) electrons. The largest absolute Gasteiger partial charge is 0.346 e. The highest BCUT2D eigenvalue weighted by atomic mass is 15.0. The molecule has 21 heavy (non-hydrogen) atoms. The maximum absolute atomic E-state index is 8.91. The number of nitrogens with zero attached hydrogens (tertiary/aromatic N) is 3. The third kappa shape index (κ3) is 3.10. The van der Waals surface area contributed by atoms with Crippen LogP contribution in [-0.2, 0) is 13.1 Å². The molecule has 2 heterocycles. The van der Waals surface area contributed by atoms with Gasteiger partial charge in [0, 0.05) is 42.9 Å². The van der Waals surface area contributed by atoms with Crippen LogP contribution in [0.15, 0.2) is 54.9 Å². The zero-order valence-corrected chi connectivity index (χ0v) is 11.7. The Labute approximate surface area is 123 Å².